The van der Waals surface area contributed by atoms with Crippen molar-refractivity contribution >= 4 is 53.2 Å². The van der Waals surface area contributed by atoms with Crippen LogP contribution < -0.4 is 31.9 Å². The number of hydrogen-bond donors (Lipinski definition) is 8. The van der Waals surface area contributed by atoms with Crippen molar-refractivity contribution in [3.8, 4) is 0 Å². The Morgan fingerprint density at radius 2 is 0.827 bits per heavy atom. The molecule has 1 heterocycles. The Balaban J connectivity index is 3.56. The smallest absolute Gasteiger partial charge is 0.245 e. The van der Waals surface area contributed by atoms with Crippen LogP contribution in [0.3, 0.4) is 0 Å². The van der Waals surface area contributed by atoms with Gasteiger partial charge in [-0.2, -0.15) is 0 Å². The molecule has 0 aromatic heterocycles. The van der Waals surface area contributed by atoms with Crippen molar-refractivity contribution in [1.29, 1.82) is 0 Å². The first-order valence-corrected chi connectivity index (χ1v) is 16.3. The van der Waals surface area contributed by atoms with Crippen molar-refractivity contribution in [2.24, 2.45) is 0 Å². The van der Waals surface area contributed by atoms with E-state index in [0.29, 0.717) is 0 Å². The molecular formula is C29H46N9O14-3. The van der Waals surface area contributed by atoms with Gasteiger partial charge in [0.25, 0.3) is 0 Å². The van der Waals surface area contributed by atoms with Crippen molar-refractivity contribution in [3.63, 3.8) is 0 Å². The van der Waals surface area contributed by atoms with Crippen molar-refractivity contribution in [1.82, 2.24) is 47.1 Å². The maximum Gasteiger partial charge on any atom is 0.245 e. The molecule has 5 atom stereocenters. The number of amides is 9. The zero-order valence-corrected chi connectivity index (χ0v) is 29.0. The molecular weight excluding hydrogens is 698 g/mol. The Labute approximate surface area is 298 Å². The molecule has 0 aromatic carbocycles. The topological polar surface area (TPSA) is 345 Å². The van der Waals surface area contributed by atoms with Gasteiger partial charge >= 0.3 is 0 Å². The van der Waals surface area contributed by atoms with Crippen LogP contribution in [0.4, 0.5) is 0 Å². The molecule has 1 fully saturated rings. The molecule has 9 amide bonds. The van der Waals surface area contributed by atoms with Crippen LogP contribution in [0.15, 0.2) is 0 Å². The Morgan fingerprint density at radius 3 is 1.15 bits per heavy atom. The molecule has 0 aromatic rings. The van der Waals surface area contributed by atoms with Gasteiger partial charge in [-0.1, -0.05) is 0 Å². The number of carbonyl (C=O) groups is 9. The van der Waals surface area contributed by atoms with Gasteiger partial charge in [0.2, 0.25) is 53.2 Å². The first-order valence-electron chi connectivity index (χ1n) is 16.3. The van der Waals surface area contributed by atoms with Crippen LogP contribution in [-0.4, -0.2) is 148 Å². The molecule has 0 spiro atoms. The van der Waals surface area contributed by atoms with Crippen LogP contribution in [-0.2, 0) is 43.2 Å². The molecule has 0 aliphatic carbocycles. The lowest BCUT2D eigenvalue weighted by molar-refractivity contribution is -0.136. The van der Waals surface area contributed by atoms with Crippen molar-refractivity contribution in [3.05, 3.63) is 15.6 Å². The highest BCUT2D eigenvalue weighted by Crippen LogP contribution is 2.08. The van der Waals surface area contributed by atoms with Gasteiger partial charge in [-0.05, 0) is 38.5 Å². The minimum absolute atomic E-state index is 0.0918. The van der Waals surface area contributed by atoms with E-state index in [-0.39, 0.29) is 60.3 Å². The van der Waals surface area contributed by atoms with E-state index in [0.717, 1.165) is 20.8 Å². The van der Waals surface area contributed by atoms with E-state index in [2.05, 4.69) is 31.9 Å². The average molecular weight is 745 g/mol. The van der Waals surface area contributed by atoms with E-state index in [1.54, 1.807) is 0 Å². The molecule has 294 valence electrons. The Kier molecular flexibility index (Phi) is 19.7. The number of nitrogens with zero attached hydrogens (tertiary/aromatic N) is 3. The molecule has 0 radical (unpaired) electrons. The normalized spacial score (nSPS) is 22.3. The Bertz CT molecular complexity index is 1300. The number of hydroxylamine groups is 6. The maximum absolute atomic E-state index is 13.6. The fraction of sp³-hybridized carbons (Fsp3) is 0.690. The van der Waals surface area contributed by atoms with Crippen LogP contribution >= 0.6 is 0 Å². The van der Waals surface area contributed by atoms with Gasteiger partial charge in [-0.15, -0.1) is 0 Å². The standard InChI is InChI=1S/C29H46N9O14/c1-16(41)36(50)10-4-7-19-26(46)32-20(8-5-11-37(51)17(2)42)27(47)33-21(9-6-12-38(52)18(3)43)28(48)35-23(15-40)29(49)34-22(14-39)25(45)30-13-24(44)31-19/h19-23,39-40H,4-15H2,1-3H3,(H,30,45)(H,31,44)(H,32,46)(H,33,47)(H,34,49)(H,35,48)/q-3/t19-,20-,21-,22-,23-/m0/s1. The van der Waals surface area contributed by atoms with E-state index in [9.17, 15) is 69.0 Å². The number of nitrogens with one attached hydrogen (secondary N) is 6. The Hall–Kier alpha value is -4.97. The third-order valence-corrected chi connectivity index (χ3v) is 7.59. The van der Waals surface area contributed by atoms with E-state index in [4.69, 9.17) is 0 Å². The summed E-state index contributed by atoms with van der Waals surface area (Å²) in [6.45, 7) is -0.999. The molecule has 1 saturated heterocycles. The monoisotopic (exact) mass is 744 g/mol. The number of carbonyl (C=O) groups excluding carboxylic acids is 9. The first-order chi connectivity index (χ1) is 24.4. The van der Waals surface area contributed by atoms with Crippen LogP contribution in [0.5, 0.6) is 0 Å². The summed E-state index contributed by atoms with van der Waals surface area (Å²) in [5.41, 5.74) is 0. The molecule has 52 heavy (non-hydrogen) atoms. The molecule has 8 N–H and O–H groups in total. The number of aliphatic hydroxyl groups is 2. The molecule has 1 aliphatic rings. The first kappa shape index (κ1) is 45.1. The van der Waals surface area contributed by atoms with Crippen LogP contribution in [0.2, 0.25) is 0 Å². The molecule has 1 rings (SSSR count). The van der Waals surface area contributed by atoms with Crippen molar-refractivity contribution < 1.29 is 53.4 Å². The number of aliphatic hydroxyl groups excluding tert-OH is 2. The summed E-state index contributed by atoms with van der Waals surface area (Å²) >= 11 is 0. The molecule has 23 heteroatoms. The molecule has 0 bridgehead atoms. The van der Waals surface area contributed by atoms with Gasteiger partial charge in [0.05, 0.1) is 19.8 Å². The van der Waals surface area contributed by atoms with E-state index >= 15 is 0 Å². The minimum atomic E-state index is -1.75. The zero-order chi connectivity index (χ0) is 39.5. The summed E-state index contributed by atoms with van der Waals surface area (Å²) < 4.78 is 0. The number of rotatable bonds is 14. The second-order valence-electron chi connectivity index (χ2n) is 11.7. The molecule has 0 unspecified atom stereocenters. The highest BCUT2D eigenvalue weighted by atomic mass is 16.5. The largest absolute Gasteiger partial charge is 0.756 e. The zero-order valence-electron chi connectivity index (χ0n) is 29.0. The van der Waals surface area contributed by atoms with Gasteiger partial charge < -0.3 is 72.9 Å². The lowest BCUT2D eigenvalue weighted by atomic mass is 10.0. The van der Waals surface area contributed by atoms with Crippen LogP contribution in [0.25, 0.3) is 0 Å². The second kappa shape index (κ2) is 22.8. The molecule has 0 saturated carbocycles. The van der Waals surface area contributed by atoms with Gasteiger partial charge in [-0.3, -0.25) is 43.2 Å². The predicted octanol–water partition coefficient (Wildman–Crippen LogP) is -5.10. The SMILES string of the molecule is CC(=O)N([O-])CCC[C@@H]1NC(=O)CNC(=O)[C@H](CO)NC(=O)[C@H](CO)NC(=O)[C@H](CCCN([O-])C(C)=O)NC(=O)[C@H](CCCN([O-])C(C)=O)NC1=O. The third-order valence-electron chi connectivity index (χ3n) is 7.59. The fourth-order valence-corrected chi connectivity index (χ4v) is 4.61. The summed E-state index contributed by atoms with van der Waals surface area (Å²) in [6.07, 6.45) is -1.36. The second-order valence-corrected chi connectivity index (χ2v) is 11.7. The highest BCUT2D eigenvalue weighted by molar-refractivity contribution is 5.97. The maximum atomic E-state index is 13.6. The minimum Gasteiger partial charge on any atom is -0.756 e. The van der Waals surface area contributed by atoms with E-state index in [1.165, 1.54) is 0 Å². The predicted molar refractivity (Wildman–Crippen MR) is 177 cm³/mol. The van der Waals surface area contributed by atoms with Gasteiger partial charge in [0, 0.05) is 40.4 Å². The van der Waals surface area contributed by atoms with Gasteiger partial charge in [0.1, 0.15) is 30.2 Å². The third kappa shape index (κ3) is 15.9. The average Bonchev–Trinajstić information content (AvgIpc) is 3.09. The molecule has 23 nitrogen and oxygen atoms in total. The summed E-state index contributed by atoms with van der Waals surface area (Å²) in [6, 6.07) is -8.05. The van der Waals surface area contributed by atoms with Crippen molar-refractivity contribution in [2.75, 3.05) is 39.4 Å². The summed E-state index contributed by atoms with van der Waals surface area (Å²) in [7, 11) is 0. The summed E-state index contributed by atoms with van der Waals surface area (Å²) in [5, 5.41) is 68.8. The quantitative estimate of drug-likeness (QED) is 0.0772. The molecule has 1 aliphatic heterocycles. The van der Waals surface area contributed by atoms with E-state index < -0.39 is 116 Å². The lowest BCUT2D eigenvalue weighted by Gasteiger charge is -2.30. The Morgan fingerprint density at radius 1 is 0.538 bits per heavy atom. The van der Waals surface area contributed by atoms with Crippen LogP contribution in [0, 0.1) is 15.6 Å². The van der Waals surface area contributed by atoms with Crippen LogP contribution in [0.1, 0.15) is 59.3 Å². The fourth-order valence-electron chi connectivity index (χ4n) is 4.61. The highest BCUT2D eigenvalue weighted by Gasteiger charge is 2.33. The summed E-state index contributed by atoms with van der Waals surface area (Å²) in [4.78, 5) is 113. The van der Waals surface area contributed by atoms with Gasteiger partial charge in [0.15, 0.2) is 0 Å². The van der Waals surface area contributed by atoms with Crippen molar-refractivity contribution in [2.45, 2.75) is 89.5 Å². The van der Waals surface area contributed by atoms with E-state index in [1.807, 2.05) is 0 Å². The number of hydrogen-bond acceptors (Lipinski definition) is 14. The summed E-state index contributed by atoms with van der Waals surface area (Å²) in [5.74, 6) is -8.82. The lowest BCUT2D eigenvalue weighted by Crippen LogP contribution is -2.61. The van der Waals surface area contributed by atoms with Gasteiger partial charge in [-0.25, -0.2) is 0 Å².